The van der Waals surface area contributed by atoms with Crippen LogP contribution in [0.4, 0.5) is 0 Å². The molecule has 1 aromatic heterocycles. The molecule has 2 heterocycles. The molecule has 1 aliphatic rings. The van der Waals surface area contributed by atoms with Gasteiger partial charge in [0.1, 0.15) is 0 Å². The topological polar surface area (TPSA) is 51.0 Å². The van der Waals surface area contributed by atoms with E-state index in [-0.39, 0.29) is 6.04 Å². The highest BCUT2D eigenvalue weighted by atomic mass is 32.2. The second-order valence-corrected chi connectivity index (χ2v) is 6.62. The summed E-state index contributed by atoms with van der Waals surface area (Å²) in [4.78, 5) is 4.50. The molecule has 1 aliphatic heterocycles. The van der Waals surface area contributed by atoms with Crippen molar-refractivity contribution in [3.63, 3.8) is 0 Å². The van der Waals surface area contributed by atoms with Gasteiger partial charge in [0.25, 0.3) is 0 Å². The molecular weight excluding hydrogens is 246 g/mol. The van der Waals surface area contributed by atoms with Gasteiger partial charge in [0.05, 0.1) is 11.8 Å². The molecule has 0 aliphatic carbocycles. The van der Waals surface area contributed by atoms with Gasteiger partial charge in [-0.2, -0.15) is 16.7 Å². The fourth-order valence-corrected chi connectivity index (χ4v) is 3.04. The van der Waals surface area contributed by atoms with Crippen molar-refractivity contribution in [3.8, 4) is 0 Å². The maximum atomic E-state index is 5.37. The van der Waals surface area contributed by atoms with Gasteiger partial charge >= 0.3 is 0 Å². The zero-order chi connectivity index (χ0) is 13.0. The van der Waals surface area contributed by atoms with Gasteiger partial charge in [-0.05, 0) is 37.0 Å². The molecule has 102 valence electrons. The summed E-state index contributed by atoms with van der Waals surface area (Å²) in [7, 11) is 0. The van der Waals surface area contributed by atoms with Crippen LogP contribution in [0.3, 0.4) is 0 Å². The average Bonchev–Trinajstić information content (AvgIpc) is 2.77. The number of aromatic nitrogens is 2. The van der Waals surface area contributed by atoms with Gasteiger partial charge in [-0.3, -0.25) is 0 Å². The summed E-state index contributed by atoms with van der Waals surface area (Å²) < 4.78 is 5.37. The largest absolute Gasteiger partial charge is 0.338 e. The molecular formula is C13H23N3OS. The molecule has 2 rings (SSSR count). The SMILES string of the molecule is CC(C)CSCc1noc(C2CC(C)CCN2)n1. The summed E-state index contributed by atoms with van der Waals surface area (Å²) in [5.74, 6) is 5.04. The molecule has 18 heavy (non-hydrogen) atoms. The zero-order valence-corrected chi connectivity index (χ0v) is 12.3. The predicted molar refractivity (Wildman–Crippen MR) is 74.4 cm³/mol. The molecule has 0 spiro atoms. The zero-order valence-electron chi connectivity index (χ0n) is 11.5. The summed E-state index contributed by atoms with van der Waals surface area (Å²) in [6.07, 6.45) is 2.34. The van der Waals surface area contributed by atoms with E-state index in [2.05, 4.69) is 36.2 Å². The molecule has 1 saturated heterocycles. The minimum Gasteiger partial charge on any atom is -0.338 e. The van der Waals surface area contributed by atoms with E-state index in [4.69, 9.17) is 4.52 Å². The number of hydrogen-bond acceptors (Lipinski definition) is 5. The third-order valence-corrected chi connectivity index (χ3v) is 4.49. The van der Waals surface area contributed by atoms with Crippen LogP contribution < -0.4 is 5.32 Å². The van der Waals surface area contributed by atoms with Gasteiger partial charge in [-0.1, -0.05) is 25.9 Å². The minimum absolute atomic E-state index is 0.255. The van der Waals surface area contributed by atoms with Gasteiger partial charge in [0, 0.05) is 0 Å². The lowest BCUT2D eigenvalue weighted by atomic mass is 9.94. The van der Waals surface area contributed by atoms with Crippen LogP contribution in [-0.4, -0.2) is 22.4 Å². The summed E-state index contributed by atoms with van der Waals surface area (Å²) in [5.41, 5.74) is 0. The first kappa shape index (κ1) is 13.9. The molecule has 2 atom stereocenters. The lowest BCUT2D eigenvalue weighted by Crippen LogP contribution is -2.30. The number of piperidine rings is 1. The Hall–Kier alpha value is -0.550. The van der Waals surface area contributed by atoms with Crippen LogP contribution in [0.2, 0.25) is 0 Å². The minimum atomic E-state index is 0.255. The molecule has 0 saturated carbocycles. The van der Waals surface area contributed by atoms with Crippen molar-refractivity contribution in [2.24, 2.45) is 11.8 Å². The number of hydrogen-bond donors (Lipinski definition) is 1. The van der Waals surface area contributed by atoms with Crippen LogP contribution in [0.5, 0.6) is 0 Å². The smallest absolute Gasteiger partial charge is 0.243 e. The highest BCUT2D eigenvalue weighted by Crippen LogP contribution is 2.26. The van der Waals surface area contributed by atoms with Gasteiger partial charge in [-0.15, -0.1) is 0 Å². The molecule has 0 radical (unpaired) electrons. The van der Waals surface area contributed by atoms with Crippen molar-refractivity contribution >= 4 is 11.8 Å². The van der Waals surface area contributed by atoms with Crippen molar-refractivity contribution in [3.05, 3.63) is 11.7 Å². The Morgan fingerprint density at radius 1 is 1.50 bits per heavy atom. The number of nitrogens with zero attached hydrogens (tertiary/aromatic N) is 2. The number of thioether (sulfide) groups is 1. The molecule has 1 fully saturated rings. The number of rotatable bonds is 5. The summed E-state index contributed by atoms with van der Waals surface area (Å²) in [6.45, 7) is 7.78. The monoisotopic (exact) mass is 269 g/mol. The fraction of sp³-hybridized carbons (Fsp3) is 0.846. The van der Waals surface area contributed by atoms with E-state index >= 15 is 0 Å². The Kier molecular flexibility index (Phi) is 5.06. The second-order valence-electron chi connectivity index (χ2n) is 5.59. The van der Waals surface area contributed by atoms with Gasteiger partial charge in [-0.25, -0.2) is 0 Å². The maximum absolute atomic E-state index is 5.37. The quantitative estimate of drug-likeness (QED) is 0.890. The van der Waals surface area contributed by atoms with Crippen molar-refractivity contribution < 1.29 is 4.52 Å². The van der Waals surface area contributed by atoms with Gasteiger partial charge in [0.2, 0.25) is 5.89 Å². The van der Waals surface area contributed by atoms with Crippen molar-refractivity contribution in [2.45, 2.75) is 45.4 Å². The Labute approximate surface area is 113 Å². The fourth-order valence-electron chi connectivity index (χ4n) is 2.15. The summed E-state index contributed by atoms with van der Waals surface area (Å²) in [6, 6.07) is 0.255. The summed E-state index contributed by atoms with van der Waals surface area (Å²) >= 11 is 1.87. The molecule has 0 bridgehead atoms. The maximum Gasteiger partial charge on any atom is 0.243 e. The number of nitrogens with one attached hydrogen (secondary N) is 1. The standard InChI is InChI=1S/C13H23N3OS/c1-9(2)7-18-8-12-15-13(17-16-12)11-6-10(3)4-5-14-11/h9-11,14H,4-8H2,1-3H3. The van der Waals surface area contributed by atoms with Gasteiger partial charge < -0.3 is 9.84 Å². The first-order valence-corrected chi connectivity index (χ1v) is 7.94. The van der Waals surface area contributed by atoms with Crippen molar-refractivity contribution in [1.82, 2.24) is 15.5 Å². The third kappa shape index (κ3) is 3.99. The van der Waals surface area contributed by atoms with E-state index in [0.29, 0.717) is 5.92 Å². The van der Waals surface area contributed by atoms with Crippen molar-refractivity contribution in [1.29, 1.82) is 0 Å². The Morgan fingerprint density at radius 2 is 2.33 bits per heavy atom. The van der Waals surface area contributed by atoms with Crippen molar-refractivity contribution in [2.75, 3.05) is 12.3 Å². The van der Waals surface area contributed by atoms with E-state index < -0.39 is 0 Å². The predicted octanol–water partition coefficient (Wildman–Crippen LogP) is 3.02. The van der Waals surface area contributed by atoms with Crippen LogP contribution in [0.1, 0.15) is 51.4 Å². The van der Waals surface area contributed by atoms with E-state index in [1.54, 1.807) is 0 Å². The Balaban J connectivity index is 1.85. The van der Waals surface area contributed by atoms with Crippen LogP contribution in [-0.2, 0) is 5.75 Å². The summed E-state index contributed by atoms with van der Waals surface area (Å²) in [5, 5.41) is 7.52. The molecule has 5 heteroatoms. The Morgan fingerprint density at radius 3 is 3.06 bits per heavy atom. The normalized spacial score (nSPS) is 24.7. The van der Waals surface area contributed by atoms with E-state index in [9.17, 15) is 0 Å². The molecule has 2 unspecified atom stereocenters. The molecule has 1 aromatic rings. The third-order valence-electron chi connectivity index (χ3n) is 3.13. The lowest BCUT2D eigenvalue weighted by molar-refractivity contribution is 0.259. The molecule has 0 amide bonds. The lowest BCUT2D eigenvalue weighted by Gasteiger charge is -2.25. The molecule has 0 aromatic carbocycles. The van der Waals surface area contributed by atoms with Crippen LogP contribution in [0.25, 0.3) is 0 Å². The highest BCUT2D eigenvalue weighted by molar-refractivity contribution is 7.98. The second kappa shape index (κ2) is 6.57. The Bertz CT molecular complexity index is 367. The first-order valence-electron chi connectivity index (χ1n) is 6.78. The van der Waals surface area contributed by atoms with Crippen LogP contribution in [0.15, 0.2) is 4.52 Å². The van der Waals surface area contributed by atoms with E-state index in [1.165, 1.54) is 6.42 Å². The molecule has 4 nitrogen and oxygen atoms in total. The van der Waals surface area contributed by atoms with Crippen LogP contribution >= 0.6 is 11.8 Å². The van der Waals surface area contributed by atoms with E-state index in [1.807, 2.05) is 11.8 Å². The highest BCUT2D eigenvalue weighted by Gasteiger charge is 2.24. The van der Waals surface area contributed by atoms with Crippen LogP contribution in [0, 0.1) is 11.8 Å². The van der Waals surface area contributed by atoms with E-state index in [0.717, 1.165) is 42.1 Å². The average molecular weight is 269 g/mol. The van der Waals surface area contributed by atoms with Gasteiger partial charge in [0.15, 0.2) is 5.82 Å². The first-order chi connectivity index (χ1) is 8.65. The molecule has 1 N–H and O–H groups in total.